The van der Waals surface area contributed by atoms with Gasteiger partial charge >= 0.3 is 0 Å². The van der Waals surface area contributed by atoms with Gasteiger partial charge in [-0.25, -0.2) is 4.98 Å². The van der Waals surface area contributed by atoms with Crippen LogP contribution < -0.4 is 4.90 Å². The van der Waals surface area contributed by atoms with E-state index in [1.807, 2.05) is 36.4 Å². The van der Waals surface area contributed by atoms with Crippen molar-refractivity contribution in [2.24, 2.45) is 0 Å². The lowest BCUT2D eigenvalue weighted by Crippen LogP contribution is -2.50. The van der Waals surface area contributed by atoms with Crippen LogP contribution in [0.5, 0.6) is 0 Å². The van der Waals surface area contributed by atoms with Crippen LogP contribution in [0.25, 0.3) is 10.2 Å². The monoisotopic (exact) mass is 433 g/mol. The molecule has 31 heavy (non-hydrogen) atoms. The molecule has 1 aromatic heterocycles. The second kappa shape index (κ2) is 10.0. The number of aromatic nitrogens is 1. The van der Waals surface area contributed by atoms with Crippen LogP contribution in [-0.2, 0) is 4.79 Å². The fourth-order valence-corrected chi connectivity index (χ4v) is 5.03. The summed E-state index contributed by atoms with van der Waals surface area (Å²) in [4.78, 5) is 24.2. The zero-order valence-electron chi connectivity index (χ0n) is 17.8. The second-order valence-electron chi connectivity index (χ2n) is 7.80. The number of piperazine rings is 1. The van der Waals surface area contributed by atoms with Gasteiger partial charge in [0.05, 0.1) is 35.3 Å². The summed E-state index contributed by atoms with van der Waals surface area (Å²) in [5.74, 6) is 0.0501. The first-order valence-corrected chi connectivity index (χ1v) is 11.5. The number of hydrogen-bond donors (Lipinski definition) is 0. The largest absolute Gasteiger partial charge is 0.310 e. The molecule has 0 bridgehead atoms. The minimum atomic E-state index is 0.0501. The number of benzene rings is 2. The average Bonchev–Trinajstić information content (AvgIpc) is 3.24. The van der Waals surface area contributed by atoms with Crippen molar-refractivity contribution in [3.8, 4) is 6.07 Å². The lowest BCUT2D eigenvalue weighted by atomic mass is 10.2. The number of nitrogens with zero attached hydrogens (tertiary/aromatic N) is 5. The molecule has 0 aliphatic carbocycles. The van der Waals surface area contributed by atoms with Crippen molar-refractivity contribution < 1.29 is 4.79 Å². The molecule has 1 atom stereocenters. The van der Waals surface area contributed by atoms with Gasteiger partial charge < -0.3 is 4.90 Å². The molecule has 2 heterocycles. The molecule has 7 heteroatoms. The van der Waals surface area contributed by atoms with E-state index in [1.165, 1.54) is 4.70 Å². The molecule has 0 unspecified atom stereocenters. The molecule has 0 radical (unpaired) electrons. The van der Waals surface area contributed by atoms with E-state index >= 15 is 0 Å². The van der Waals surface area contributed by atoms with E-state index in [0.717, 1.165) is 42.4 Å². The molecule has 1 saturated heterocycles. The number of carbonyl (C=O) groups is 1. The van der Waals surface area contributed by atoms with Crippen LogP contribution in [0.15, 0.2) is 54.6 Å². The Morgan fingerprint density at radius 2 is 1.84 bits per heavy atom. The van der Waals surface area contributed by atoms with Crippen LogP contribution in [0.1, 0.15) is 24.4 Å². The van der Waals surface area contributed by atoms with E-state index in [0.29, 0.717) is 19.5 Å². The predicted octanol–water partition coefficient (Wildman–Crippen LogP) is 3.92. The van der Waals surface area contributed by atoms with Crippen molar-refractivity contribution in [2.75, 3.05) is 44.2 Å². The SMILES string of the molecule is C[C@@H](c1nc2ccccc2s1)N1CCN(CC(=O)N(CCC#N)c2ccccc2)CC1. The molecule has 6 nitrogen and oxygen atoms in total. The molecule has 4 rings (SSSR count). The van der Waals surface area contributed by atoms with Crippen molar-refractivity contribution in [2.45, 2.75) is 19.4 Å². The van der Waals surface area contributed by atoms with Gasteiger partial charge in [0.25, 0.3) is 0 Å². The summed E-state index contributed by atoms with van der Waals surface area (Å²) in [7, 11) is 0. The first kappa shape index (κ1) is 21.4. The fraction of sp³-hybridized carbons (Fsp3) is 0.375. The number of thiazole rings is 1. The molecule has 0 saturated carbocycles. The molecule has 1 aliphatic rings. The van der Waals surface area contributed by atoms with E-state index in [1.54, 1.807) is 16.2 Å². The maximum atomic E-state index is 13.0. The summed E-state index contributed by atoms with van der Waals surface area (Å²) < 4.78 is 1.23. The summed E-state index contributed by atoms with van der Waals surface area (Å²) in [6.07, 6.45) is 0.327. The molecule has 1 fully saturated rings. The van der Waals surface area contributed by atoms with Crippen molar-refractivity contribution in [1.29, 1.82) is 5.26 Å². The maximum Gasteiger partial charge on any atom is 0.241 e. The van der Waals surface area contributed by atoms with Gasteiger partial charge in [-0.2, -0.15) is 5.26 Å². The molecule has 1 aliphatic heterocycles. The summed E-state index contributed by atoms with van der Waals surface area (Å²) in [5, 5.41) is 10.1. The van der Waals surface area contributed by atoms with Crippen LogP contribution in [0.4, 0.5) is 5.69 Å². The third-order valence-corrected chi connectivity index (χ3v) is 7.00. The summed E-state index contributed by atoms with van der Waals surface area (Å²) in [6.45, 7) is 6.54. The van der Waals surface area contributed by atoms with Crippen molar-refractivity contribution in [1.82, 2.24) is 14.8 Å². The molecular weight excluding hydrogens is 406 g/mol. The quantitative estimate of drug-likeness (QED) is 0.565. The molecule has 3 aromatic rings. The Morgan fingerprint density at radius 3 is 2.55 bits per heavy atom. The average molecular weight is 434 g/mol. The molecule has 1 amide bonds. The van der Waals surface area contributed by atoms with Crippen molar-refractivity contribution >= 4 is 33.1 Å². The van der Waals surface area contributed by atoms with Crippen molar-refractivity contribution in [3.05, 3.63) is 59.6 Å². The number of para-hydroxylation sites is 2. The Labute approximate surface area is 187 Å². The summed E-state index contributed by atoms with van der Waals surface area (Å²) in [6, 6.07) is 20.3. The minimum Gasteiger partial charge on any atom is -0.310 e. The lowest BCUT2D eigenvalue weighted by molar-refractivity contribution is -0.120. The molecule has 2 aromatic carbocycles. The highest BCUT2D eigenvalue weighted by Crippen LogP contribution is 2.30. The first-order chi connectivity index (χ1) is 15.2. The third-order valence-electron chi connectivity index (χ3n) is 5.80. The predicted molar refractivity (Wildman–Crippen MR) is 125 cm³/mol. The van der Waals surface area contributed by atoms with Crippen LogP contribution in [0.2, 0.25) is 0 Å². The van der Waals surface area contributed by atoms with Gasteiger partial charge in [-0.1, -0.05) is 30.3 Å². The second-order valence-corrected chi connectivity index (χ2v) is 8.86. The highest BCUT2D eigenvalue weighted by Gasteiger charge is 2.26. The summed E-state index contributed by atoms with van der Waals surface area (Å²) >= 11 is 1.77. The Kier molecular flexibility index (Phi) is 6.92. The number of nitriles is 1. The zero-order chi connectivity index (χ0) is 21.6. The van der Waals surface area contributed by atoms with Gasteiger partial charge in [-0.3, -0.25) is 14.6 Å². The smallest absolute Gasteiger partial charge is 0.241 e. The topological polar surface area (TPSA) is 63.5 Å². The highest BCUT2D eigenvalue weighted by atomic mass is 32.1. The number of anilines is 1. The van der Waals surface area contributed by atoms with Crippen LogP contribution in [0, 0.1) is 11.3 Å². The van der Waals surface area contributed by atoms with Gasteiger partial charge in [0, 0.05) is 38.4 Å². The summed E-state index contributed by atoms with van der Waals surface area (Å²) in [5.41, 5.74) is 1.92. The third kappa shape index (κ3) is 5.10. The van der Waals surface area contributed by atoms with Gasteiger partial charge in [0.15, 0.2) is 0 Å². The van der Waals surface area contributed by atoms with Gasteiger partial charge in [0.1, 0.15) is 5.01 Å². The zero-order valence-corrected chi connectivity index (χ0v) is 18.6. The Hall–Kier alpha value is -2.79. The number of amides is 1. The lowest BCUT2D eigenvalue weighted by Gasteiger charge is -2.37. The van der Waals surface area contributed by atoms with E-state index in [9.17, 15) is 4.79 Å². The Balaban J connectivity index is 1.34. The molecule has 0 spiro atoms. The normalized spacial score (nSPS) is 16.1. The highest BCUT2D eigenvalue weighted by molar-refractivity contribution is 7.18. The Bertz CT molecular complexity index is 1020. The van der Waals surface area contributed by atoms with E-state index in [2.05, 4.69) is 41.0 Å². The number of fused-ring (bicyclic) bond motifs is 1. The van der Waals surface area contributed by atoms with E-state index in [4.69, 9.17) is 10.2 Å². The van der Waals surface area contributed by atoms with E-state index in [-0.39, 0.29) is 11.9 Å². The van der Waals surface area contributed by atoms with Crippen molar-refractivity contribution in [3.63, 3.8) is 0 Å². The maximum absolute atomic E-state index is 13.0. The number of carbonyl (C=O) groups excluding carboxylic acids is 1. The van der Waals surface area contributed by atoms with Crippen LogP contribution >= 0.6 is 11.3 Å². The number of hydrogen-bond acceptors (Lipinski definition) is 6. The molecular formula is C24H27N5OS. The van der Waals surface area contributed by atoms with Gasteiger partial charge in [0.2, 0.25) is 5.91 Å². The molecule has 160 valence electrons. The molecule has 0 N–H and O–H groups in total. The number of rotatable bonds is 7. The van der Waals surface area contributed by atoms with Gasteiger partial charge in [-0.05, 0) is 31.2 Å². The minimum absolute atomic E-state index is 0.0501. The van der Waals surface area contributed by atoms with Crippen LogP contribution in [0.3, 0.4) is 0 Å². The standard InChI is InChI=1S/C24H27N5OS/c1-19(24-26-21-10-5-6-11-22(21)31-24)28-16-14-27(15-17-28)18-23(30)29(13-7-12-25)20-8-3-2-4-9-20/h2-6,8-11,19H,7,13-18H2,1H3/t19-/m0/s1. The van der Waals surface area contributed by atoms with E-state index < -0.39 is 0 Å². The van der Waals surface area contributed by atoms with Crippen LogP contribution in [-0.4, -0.2) is 60.0 Å². The fourth-order valence-electron chi connectivity index (χ4n) is 3.98. The first-order valence-electron chi connectivity index (χ1n) is 10.7. The van der Waals surface area contributed by atoms with Gasteiger partial charge in [-0.15, -0.1) is 11.3 Å². The Morgan fingerprint density at radius 1 is 1.13 bits per heavy atom.